The van der Waals surface area contributed by atoms with Crippen molar-refractivity contribution in [2.75, 3.05) is 5.32 Å². The third-order valence-corrected chi connectivity index (χ3v) is 2.52. The smallest absolute Gasteiger partial charge is 0.239 e. The topological polar surface area (TPSA) is 55.1 Å². The van der Waals surface area contributed by atoms with Crippen LogP contribution in [0.1, 0.15) is 32.8 Å². The Hall–Kier alpha value is -1.51. The third-order valence-electron chi connectivity index (χ3n) is 2.52. The average Bonchev–Trinajstić information content (AvgIpc) is 2.14. The quantitative estimate of drug-likeness (QED) is 0.841. The molecule has 0 saturated carbocycles. The van der Waals surface area contributed by atoms with Gasteiger partial charge in [-0.15, -0.1) is 0 Å². The molecule has 0 aliphatic rings. The molecule has 1 aromatic carbocycles. The first-order valence-corrected chi connectivity index (χ1v) is 5.90. The van der Waals surface area contributed by atoms with Gasteiger partial charge in [-0.3, -0.25) is 4.79 Å². The van der Waals surface area contributed by atoms with Crippen LogP contribution in [0.3, 0.4) is 0 Å². The fourth-order valence-electron chi connectivity index (χ4n) is 1.77. The lowest BCUT2D eigenvalue weighted by Gasteiger charge is -2.25. The number of nitrogens with two attached hydrogens (primary N) is 1. The number of carbonyl (C=O) groups excluding carboxylic acids is 1. The molecule has 1 atom stereocenters. The number of aryl methyl sites for hydroxylation is 1. The number of carbonyl (C=O) groups is 1. The van der Waals surface area contributed by atoms with Crippen molar-refractivity contribution in [2.24, 2.45) is 11.1 Å². The van der Waals surface area contributed by atoms with Crippen molar-refractivity contribution in [1.82, 2.24) is 0 Å². The molecule has 0 aromatic heterocycles. The second kappa shape index (κ2) is 5.21. The Labute approximate surface area is 103 Å². The highest BCUT2D eigenvalue weighted by atomic mass is 16.1. The van der Waals surface area contributed by atoms with Crippen molar-refractivity contribution in [3.8, 4) is 0 Å². The molecule has 1 rings (SSSR count). The molecule has 1 unspecified atom stereocenters. The van der Waals surface area contributed by atoms with E-state index in [1.807, 2.05) is 31.2 Å². The van der Waals surface area contributed by atoms with Gasteiger partial charge in [0.2, 0.25) is 5.91 Å². The first-order valence-electron chi connectivity index (χ1n) is 5.90. The number of rotatable bonds is 4. The molecule has 0 radical (unpaired) electrons. The molecule has 0 aliphatic heterocycles. The minimum atomic E-state index is -0.322. The SMILES string of the molecule is Cc1cccc(NC(CC(C)(C)C)C(N)=O)c1. The van der Waals surface area contributed by atoms with Gasteiger partial charge in [0.05, 0.1) is 0 Å². The van der Waals surface area contributed by atoms with Crippen molar-refractivity contribution in [2.45, 2.75) is 40.2 Å². The van der Waals surface area contributed by atoms with Gasteiger partial charge >= 0.3 is 0 Å². The van der Waals surface area contributed by atoms with Gasteiger partial charge in [-0.1, -0.05) is 32.9 Å². The summed E-state index contributed by atoms with van der Waals surface area (Å²) < 4.78 is 0. The minimum absolute atomic E-state index is 0.0660. The molecule has 17 heavy (non-hydrogen) atoms. The zero-order valence-corrected chi connectivity index (χ0v) is 11.1. The van der Waals surface area contributed by atoms with Crippen molar-refractivity contribution in [1.29, 1.82) is 0 Å². The largest absolute Gasteiger partial charge is 0.374 e. The first-order chi connectivity index (χ1) is 7.78. The Balaban J connectivity index is 2.77. The Bertz CT molecular complexity index is 393. The number of anilines is 1. The van der Waals surface area contributed by atoms with Gasteiger partial charge in [0.15, 0.2) is 0 Å². The Morgan fingerprint density at radius 3 is 2.53 bits per heavy atom. The Morgan fingerprint density at radius 2 is 2.06 bits per heavy atom. The summed E-state index contributed by atoms with van der Waals surface area (Å²) in [6, 6.07) is 7.63. The van der Waals surface area contributed by atoms with Crippen molar-refractivity contribution >= 4 is 11.6 Å². The molecule has 3 N–H and O–H groups in total. The highest BCUT2D eigenvalue weighted by Gasteiger charge is 2.22. The van der Waals surface area contributed by atoms with Crippen LogP contribution in [0.25, 0.3) is 0 Å². The van der Waals surface area contributed by atoms with Gasteiger partial charge in [0, 0.05) is 5.69 Å². The lowest BCUT2D eigenvalue weighted by atomic mass is 9.87. The predicted octanol–water partition coefficient (Wildman–Crippen LogP) is 2.70. The van der Waals surface area contributed by atoms with E-state index in [2.05, 4.69) is 26.1 Å². The van der Waals surface area contributed by atoms with Crippen LogP contribution in [0.4, 0.5) is 5.69 Å². The van der Waals surface area contributed by atoms with Crippen LogP contribution in [-0.2, 0) is 4.79 Å². The normalized spacial score (nSPS) is 13.2. The van der Waals surface area contributed by atoms with E-state index in [0.29, 0.717) is 0 Å². The predicted molar refractivity (Wildman–Crippen MR) is 71.9 cm³/mol. The van der Waals surface area contributed by atoms with E-state index in [1.165, 1.54) is 0 Å². The summed E-state index contributed by atoms with van der Waals surface area (Å²) in [7, 11) is 0. The van der Waals surface area contributed by atoms with Crippen LogP contribution < -0.4 is 11.1 Å². The molecule has 94 valence electrons. The summed E-state index contributed by atoms with van der Waals surface area (Å²) >= 11 is 0. The minimum Gasteiger partial charge on any atom is -0.374 e. The Morgan fingerprint density at radius 1 is 1.41 bits per heavy atom. The molecular weight excluding hydrogens is 212 g/mol. The lowest BCUT2D eigenvalue weighted by Crippen LogP contribution is -2.38. The number of amides is 1. The summed E-state index contributed by atoms with van der Waals surface area (Å²) in [5, 5.41) is 3.20. The van der Waals surface area contributed by atoms with Crippen LogP contribution >= 0.6 is 0 Å². The summed E-state index contributed by atoms with van der Waals surface area (Å²) in [5.41, 5.74) is 7.60. The van der Waals surface area contributed by atoms with E-state index < -0.39 is 0 Å². The molecule has 0 spiro atoms. The van der Waals surface area contributed by atoms with Crippen molar-refractivity contribution < 1.29 is 4.79 Å². The van der Waals surface area contributed by atoms with Gasteiger partial charge in [0.1, 0.15) is 6.04 Å². The first kappa shape index (κ1) is 13.6. The second-order valence-corrected chi connectivity index (χ2v) is 5.73. The van der Waals surface area contributed by atoms with E-state index in [-0.39, 0.29) is 17.4 Å². The molecule has 0 heterocycles. The van der Waals surface area contributed by atoms with Crippen molar-refractivity contribution in [3.63, 3.8) is 0 Å². The van der Waals surface area contributed by atoms with Gasteiger partial charge in [-0.2, -0.15) is 0 Å². The molecule has 0 bridgehead atoms. The summed E-state index contributed by atoms with van der Waals surface area (Å²) in [6.07, 6.45) is 0.719. The molecule has 0 aliphatic carbocycles. The van der Waals surface area contributed by atoms with Gasteiger partial charge in [-0.05, 0) is 36.5 Å². The molecule has 3 nitrogen and oxygen atoms in total. The zero-order chi connectivity index (χ0) is 13.1. The van der Waals surface area contributed by atoms with Crippen molar-refractivity contribution in [3.05, 3.63) is 29.8 Å². The standard InChI is InChI=1S/C14H22N2O/c1-10-6-5-7-11(8-10)16-12(13(15)17)9-14(2,3)4/h5-8,12,16H,9H2,1-4H3,(H2,15,17). The number of primary amides is 1. The molecule has 1 amide bonds. The summed E-state index contributed by atoms with van der Waals surface area (Å²) in [4.78, 5) is 11.4. The highest BCUT2D eigenvalue weighted by molar-refractivity contribution is 5.83. The van der Waals surface area contributed by atoms with Crippen LogP contribution in [-0.4, -0.2) is 11.9 Å². The lowest BCUT2D eigenvalue weighted by molar-refractivity contribution is -0.119. The average molecular weight is 234 g/mol. The van der Waals surface area contributed by atoms with Crippen LogP contribution in [0.2, 0.25) is 0 Å². The summed E-state index contributed by atoms with van der Waals surface area (Å²) in [6.45, 7) is 8.32. The number of hydrogen-bond acceptors (Lipinski definition) is 2. The Kier molecular flexibility index (Phi) is 4.16. The molecule has 1 aromatic rings. The van der Waals surface area contributed by atoms with Gasteiger partial charge in [-0.25, -0.2) is 0 Å². The van der Waals surface area contributed by atoms with Gasteiger partial charge < -0.3 is 11.1 Å². The van der Waals surface area contributed by atoms with Crippen LogP contribution in [0, 0.1) is 12.3 Å². The molecule has 0 fully saturated rings. The van der Waals surface area contributed by atoms with E-state index >= 15 is 0 Å². The molecular formula is C14H22N2O. The molecule has 0 saturated heterocycles. The maximum absolute atomic E-state index is 11.4. The van der Waals surface area contributed by atoms with E-state index in [1.54, 1.807) is 0 Å². The third kappa shape index (κ3) is 4.89. The van der Waals surface area contributed by atoms with E-state index in [0.717, 1.165) is 17.7 Å². The fraction of sp³-hybridized carbons (Fsp3) is 0.500. The van der Waals surface area contributed by atoms with Gasteiger partial charge in [0.25, 0.3) is 0 Å². The maximum Gasteiger partial charge on any atom is 0.239 e. The fourth-order valence-corrected chi connectivity index (χ4v) is 1.77. The monoisotopic (exact) mass is 234 g/mol. The number of hydrogen-bond donors (Lipinski definition) is 2. The van der Waals surface area contributed by atoms with E-state index in [9.17, 15) is 4.79 Å². The highest BCUT2D eigenvalue weighted by Crippen LogP contribution is 2.23. The molecule has 3 heteroatoms. The van der Waals surface area contributed by atoms with Crippen LogP contribution in [0.5, 0.6) is 0 Å². The van der Waals surface area contributed by atoms with Crippen LogP contribution in [0.15, 0.2) is 24.3 Å². The second-order valence-electron chi connectivity index (χ2n) is 5.73. The zero-order valence-electron chi connectivity index (χ0n) is 11.1. The summed E-state index contributed by atoms with van der Waals surface area (Å²) in [5.74, 6) is -0.304. The number of benzene rings is 1. The maximum atomic E-state index is 11.4. The number of nitrogens with one attached hydrogen (secondary N) is 1. The van der Waals surface area contributed by atoms with E-state index in [4.69, 9.17) is 5.73 Å².